The van der Waals surface area contributed by atoms with Crippen LogP contribution in [0.2, 0.25) is 5.02 Å². The Morgan fingerprint density at radius 2 is 1.65 bits per heavy atom. The van der Waals surface area contributed by atoms with Crippen LogP contribution in [0.25, 0.3) is 0 Å². The fraction of sp³-hybridized carbons (Fsp3) is 0.125. The van der Waals surface area contributed by atoms with E-state index in [-0.39, 0.29) is 14.8 Å². The van der Waals surface area contributed by atoms with Crippen molar-refractivity contribution in [3.05, 3.63) is 104 Å². The van der Waals surface area contributed by atoms with Crippen LogP contribution in [0.5, 0.6) is 0 Å². The molecule has 0 bridgehead atoms. The first-order valence-corrected chi connectivity index (χ1v) is 12.3. The lowest BCUT2D eigenvalue weighted by atomic mass is 10.1. The number of rotatable bonds is 7. The summed E-state index contributed by atoms with van der Waals surface area (Å²) >= 11 is 7.35. The van der Waals surface area contributed by atoms with Gasteiger partial charge in [-0.25, -0.2) is 8.42 Å². The molecule has 0 saturated heterocycles. The van der Waals surface area contributed by atoms with Crippen molar-refractivity contribution in [1.29, 1.82) is 5.26 Å². The smallest absolute Gasteiger partial charge is 0.219 e. The second kappa shape index (κ2) is 10.1. The van der Waals surface area contributed by atoms with Gasteiger partial charge in [-0.3, -0.25) is 0 Å². The van der Waals surface area contributed by atoms with Crippen molar-refractivity contribution in [2.24, 2.45) is 0 Å². The Bertz CT molecular complexity index is 1240. The summed E-state index contributed by atoms with van der Waals surface area (Å²) in [5.41, 5.74) is 3.62. The lowest BCUT2D eigenvalue weighted by Gasteiger charge is -2.17. The van der Waals surface area contributed by atoms with Crippen molar-refractivity contribution < 1.29 is 8.42 Å². The summed E-state index contributed by atoms with van der Waals surface area (Å²) in [6.45, 7) is 3.87. The fourth-order valence-electron chi connectivity index (χ4n) is 3.02. The van der Waals surface area contributed by atoms with E-state index in [1.165, 1.54) is 23.9 Å². The minimum atomic E-state index is -4.00. The van der Waals surface area contributed by atoms with Gasteiger partial charge in [0.25, 0.3) is 0 Å². The second-order valence-electron chi connectivity index (χ2n) is 6.90. The van der Waals surface area contributed by atoms with E-state index in [4.69, 9.17) is 11.6 Å². The van der Waals surface area contributed by atoms with E-state index in [1.54, 1.807) is 24.3 Å². The van der Waals surface area contributed by atoms with Crippen molar-refractivity contribution in [2.75, 3.05) is 5.32 Å². The number of hydrogen-bond acceptors (Lipinski definition) is 5. The summed E-state index contributed by atoms with van der Waals surface area (Å²) in [6, 6.07) is 23.1. The van der Waals surface area contributed by atoms with Gasteiger partial charge >= 0.3 is 0 Å². The van der Waals surface area contributed by atoms with Crippen LogP contribution in [-0.4, -0.2) is 8.42 Å². The molecule has 0 amide bonds. The number of nitriles is 1. The monoisotopic (exact) mass is 468 g/mol. The quantitative estimate of drug-likeness (QED) is 0.402. The zero-order valence-electron chi connectivity index (χ0n) is 17.1. The molecular weight excluding hydrogens is 448 g/mol. The van der Waals surface area contributed by atoms with Gasteiger partial charge in [0.05, 0.1) is 4.90 Å². The molecule has 0 aliphatic heterocycles. The van der Waals surface area contributed by atoms with E-state index in [0.29, 0.717) is 10.8 Å². The Balaban J connectivity index is 2.09. The van der Waals surface area contributed by atoms with Crippen molar-refractivity contribution in [3.63, 3.8) is 0 Å². The number of thioether (sulfide) groups is 1. The molecule has 0 aliphatic carbocycles. The molecule has 31 heavy (non-hydrogen) atoms. The summed E-state index contributed by atoms with van der Waals surface area (Å²) in [5.74, 6) is 0.448. The van der Waals surface area contributed by atoms with Gasteiger partial charge < -0.3 is 5.32 Å². The molecule has 0 unspecified atom stereocenters. The third-order valence-electron chi connectivity index (χ3n) is 4.62. The topological polar surface area (TPSA) is 70.0 Å². The molecule has 3 rings (SSSR count). The first-order valence-electron chi connectivity index (χ1n) is 9.48. The van der Waals surface area contributed by atoms with E-state index >= 15 is 0 Å². The lowest BCUT2D eigenvalue weighted by Crippen LogP contribution is -2.11. The highest BCUT2D eigenvalue weighted by molar-refractivity contribution is 8.04. The van der Waals surface area contributed by atoms with Crippen LogP contribution in [-0.2, 0) is 15.6 Å². The Labute approximate surface area is 192 Å². The molecule has 4 nitrogen and oxygen atoms in total. The van der Waals surface area contributed by atoms with Crippen LogP contribution in [0.4, 0.5) is 5.69 Å². The van der Waals surface area contributed by atoms with Gasteiger partial charge in [-0.2, -0.15) is 5.26 Å². The molecule has 0 aliphatic rings. The maximum absolute atomic E-state index is 13.3. The van der Waals surface area contributed by atoms with Gasteiger partial charge in [-0.15, -0.1) is 11.8 Å². The molecule has 3 aromatic carbocycles. The Morgan fingerprint density at radius 3 is 2.26 bits per heavy atom. The standard InChI is InChI=1S/C24H21ClN2O2S2/c1-17-8-6-9-18(2)23(17)27-24(30-16-19-10-7-11-20(25)14-19)22(15-26)31(28,29)21-12-4-3-5-13-21/h3-14,27H,16H2,1-2H3/b24-22+. The van der Waals surface area contributed by atoms with Crippen LogP contribution in [0.1, 0.15) is 16.7 Å². The first kappa shape index (κ1) is 23.0. The number of para-hydroxylation sites is 1. The normalized spacial score (nSPS) is 12.1. The third kappa shape index (κ3) is 5.50. The molecule has 0 fully saturated rings. The molecule has 0 spiro atoms. The van der Waals surface area contributed by atoms with E-state index in [0.717, 1.165) is 22.4 Å². The van der Waals surface area contributed by atoms with E-state index < -0.39 is 9.84 Å². The van der Waals surface area contributed by atoms with Crippen molar-refractivity contribution in [3.8, 4) is 6.07 Å². The minimum Gasteiger partial charge on any atom is -0.348 e. The summed E-state index contributed by atoms with van der Waals surface area (Å²) in [4.78, 5) is -0.232. The fourth-order valence-corrected chi connectivity index (χ4v) is 5.74. The van der Waals surface area contributed by atoms with Gasteiger partial charge in [0.1, 0.15) is 11.1 Å². The highest BCUT2D eigenvalue weighted by Gasteiger charge is 2.26. The highest BCUT2D eigenvalue weighted by Crippen LogP contribution is 2.33. The average molecular weight is 469 g/mol. The molecule has 0 heterocycles. The number of aryl methyl sites for hydroxylation is 2. The van der Waals surface area contributed by atoms with E-state index in [2.05, 4.69) is 5.32 Å². The van der Waals surface area contributed by atoms with Crippen molar-refractivity contribution in [1.82, 2.24) is 0 Å². The van der Waals surface area contributed by atoms with E-state index in [9.17, 15) is 13.7 Å². The molecular formula is C24H21ClN2O2S2. The second-order valence-corrected chi connectivity index (χ2v) is 10.2. The number of allylic oxidation sites excluding steroid dienone is 1. The van der Waals surface area contributed by atoms with Crippen molar-refractivity contribution >= 4 is 38.9 Å². The zero-order chi connectivity index (χ0) is 22.4. The average Bonchev–Trinajstić information content (AvgIpc) is 2.75. The number of nitrogens with zero attached hydrogens (tertiary/aromatic N) is 1. The van der Waals surface area contributed by atoms with Crippen LogP contribution in [0.15, 0.2) is 87.6 Å². The SMILES string of the molecule is Cc1cccc(C)c1N/C(SCc1cccc(Cl)c1)=C(/C#N)S(=O)(=O)c1ccccc1. The van der Waals surface area contributed by atoms with Crippen LogP contribution >= 0.6 is 23.4 Å². The largest absolute Gasteiger partial charge is 0.348 e. The molecule has 7 heteroatoms. The summed E-state index contributed by atoms with van der Waals surface area (Å²) in [5, 5.41) is 14.0. The first-order chi connectivity index (χ1) is 14.8. The van der Waals surface area contributed by atoms with Crippen LogP contribution in [0.3, 0.4) is 0 Å². The maximum atomic E-state index is 13.3. The van der Waals surface area contributed by atoms with Crippen LogP contribution < -0.4 is 5.32 Å². The molecule has 0 saturated carbocycles. The van der Waals surface area contributed by atoms with Gasteiger partial charge in [-0.1, -0.05) is 60.1 Å². The van der Waals surface area contributed by atoms with Gasteiger partial charge in [0.15, 0.2) is 4.91 Å². The highest BCUT2D eigenvalue weighted by atomic mass is 35.5. The predicted octanol–water partition coefficient (Wildman–Crippen LogP) is 6.47. The molecule has 158 valence electrons. The Kier molecular flexibility index (Phi) is 7.45. The number of halogens is 1. The Hall–Kier alpha value is -2.72. The molecule has 0 aromatic heterocycles. The van der Waals surface area contributed by atoms with E-state index in [1.807, 2.05) is 56.3 Å². The van der Waals surface area contributed by atoms with Gasteiger partial charge in [-0.05, 0) is 54.8 Å². The summed E-state index contributed by atoms with van der Waals surface area (Å²) in [7, 11) is -4.00. The predicted molar refractivity (Wildman–Crippen MR) is 129 cm³/mol. The Morgan fingerprint density at radius 1 is 1.00 bits per heavy atom. The lowest BCUT2D eigenvalue weighted by molar-refractivity contribution is 0.603. The summed E-state index contributed by atoms with van der Waals surface area (Å²) < 4.78 is 26.6. The van der Waals surface area contributed by atoms with Gasteiger partial charge in [0, 0.05) is 16.5 Å². The number of anilines is 1. The minimum absolute atomic E-state index is 0.0794. The number of sulfone groups is 1. The summed E-state index contributed by atoms with van der Waals surface area (Å²) in [6.07, 6.45) is 0. The molecule has 0 atom stereocenters. The molecule has 1 N–H and O–H groups in total. The maximum Gasteiger partial charge on any atom is 0.219 e. The van der Waals surface area contributed by atoms with Crippen LogP contribution in [0, 0.1) is 25.2 Å². The molecule has 0 radical (unpaired) electrons. The number of hydrogen-bond donors (Lipinski definition) is 1. The number of nitrogens with one attached hydrogen (secondary N) is 1. The number of benzene rings is 3. The zero-order valence-corrected chi connectivity index (χ0v) is 19.5. The third-order valence-corrected chi connectivity index (χ3v) is 7.78. The van der Waals surface area contributed by atoms with Crippen molar-refractivity contribution in [2.45, 2.75) is 24.5 Å². The molecule has 3 aromatic rings. The van der Waals surface area contributed by atoms with Gasteiger partial charge in [0.2, 0.25) is 9.84 Å².